The van der Waals surface area contributed by atoms with Crippen LogP contribution in [0.3, 0.4) is 0 Å². The molecular weight excluding hydrogens is 831 g/mol. The van der Waals surface area contributed by atoms with Crippen molar-refractivity contribution in [3.05, 3.63) is 255 Å². The van der Waals surface area contributed by atoms with Gasteiger partial charge in [0, 0.05) is 60.8 Å². The van der Waals surface area contributed by atoms with Crippen molar-refractivity contribution in [2.24, 2.45) is 0 Å². The Morgan fingerprint density at radius 2 is 0.779 bits per heavy atom. The maximum Gasteiger partial charge on any atom is 0.175 e. The smallest absolute Gasteiger partial charge is 0.175 e. The fraction of sp³-hybridized carbons (Fsp3) is 0.0625. The molecule has 0 fully saturated rings. The number of benzene rings is 10. The monoisotopic (exact) mass is 865 g/mol. The lowest BCUT2D eigenvalue weighted by Crippen LogP contribution is -2.19. The van der Waals surface area contributed by atoms with Gasteiger partial charge in [0.1, 0.15) is 11.2 Å². The van der Waals surface area contributed by atoms with Crippen LogP contribution in [0.5, 0.6) is 0 Å². The molecule has 0 radical (unpaired) electrons. The summed E-state index contributed by atoms with van der Waals surface area (Å²) < 4.78 is 9.04. The minimum atomic E-state index is -0.388. The van der Waals surface area contributed by atoms with E-state index in [0.717, 1.165) is 126 Å². The number of aromatic nitrogens is 1. The van der Waals surface area contributed by atoms with Crippen molar-refractivity contribution < 1.29 is 14.0 Å². The van der Waals surface area contributed by atoms with Gasteiger partial charge >= 0.3 is 0 Å². The van der Waals surface area contributed by atoms with Crippen LogP contribution >= 0.6 is 0 Å². The molecule has 4 nitrogen and oxygen atoms in total. The highest BCUT2D eigenvalue weighted by Gasteiger charge is 2.45. The number of nitrogens with zero attached hydrogens (tertiary/aromatic N) is 1. The largest absolute Gasteiger partial charge is 0.456 e. The van der Waals surface area contributed by atoms with Gasteiger partial charge in [0.15, 0.2) is 11.6 Å². The molecule has 4 bridgehead atoms. The summed E-state index contributed by atoms with van der Waals surface area (Å²) in [6.45, 7) is 0. The van der Waals surface area contributed by atoms with E-state index in [1.807, 2.05) is 6.07 Å². The quantitative estimate of drug-likeness (QED) is 0.165. The molecule has 0 atom stereocenters. The van der Waals surface area contributed by atoms with E-state index in [1.54, 1.807) is 0 Å². The van der Waals surface area contributed by atoms with Crippen LogP contribution in [-0.2, 0) is 0 Å². The van der Waals surface area contributed by atoms with Crippen molar-refractivity contribution in [3.63, 3.8) is 0 Å². The molecule has 0 N–H and O–H groups in total. The van der Waals surface area contributed by atoms with Gasteiger partial charge in [-0.1, -0.05) is 140 Å². The fourth-order valence-corrected chi connectivity index (χ4v) is 13.9. The lowest BCUT2D eigenvalue weighted by atomic mass is 9.72. The zero-order valence-electron chi connectivity index (χ0n) is 36.4. The molecule has 0 saturated heterocycles. The highest BCUT2D eigenvalue weighted by Crippen LogP contribution is 2.56. The Morgan fingerprint density at radius 3 is 1.28 bits per heavy atom. The first-order valence-corrected chi connectivity index (χ1v) is 23.7. The first kappa shape index (κ1) is 35.6. The lowest BCUT2D eigenvalue weighted by Gasteiger charge is -2.30. The number of para-hydroxylation sites is 1. The van der Waals surface area contributed by atoms with Crippen LogP contribution in [0.4, 0.5) is 0 Å². The molecule has 0 amide bonds. The first-order chi connectivity index (χ1) is 33.6. The molecule has 68 heavy (non-hydrogen) atoms. The maximum atomic E-state index is 15.4. The van der Waals surface area contributed by atoms with Crippen molar-refractivity contribution in [1.29, 1.82) is 0 Å². The highest BCUT2D eigenvalue weighted by molar-refractivity contribution is 6.29. The molecule has 10 aromatic carbocycles. The third-order valence-corrected chi connectivity index (χ3v) is 16.6. The fourth-order valence-electron chi connectivity index (χ4n) is 13.9. The molecule has 6 aliphatic rings. The van der Waals surface area contributed by atoms with Crippen molar-refractivity contribution in [3.8, 4) is 11.1 Å². The molecule has 4 heteroatoms. The summed E-state index contributed by atoms with van der Waals surface area (Å²) in [5.74, 6) is -0.701. The number of hydrogen-bond acceptors (Lipinski definition) is 3. The molecule has 0 unspecified atom stereocenters. The van der Waals surface area contributed by atoms with Crippen molar-refractivity contribution in [2.45, 2.75) is 23.7 Å². The van der Waals surface area contributed by atoms with E-state index in [9.17, 15) is 0 Å². The van der Waals surface area contributed by atoms with Gasteiger partial charge < -0.3 is 8.82 Å². The summed E-state index contributed by atoms with van der Waals surface area (Å²) in [6, 6.07) is 67.3. The summed E-state index contributed by atoms with van der Waals surface area (Å²) in [4.78, 5) is 30.8. The Kier molecular flexibility index (Phi) is 6.41. The number of rotatable bonds is 1. The molecule has 0 aliphatic heterocycles. The molecule has 314 valence electrons. The topological polar surface area (TPSA) is 51.7 Å². The van der Waals surface area contributed by atoms with E-state index in [2.05, 4.69) is 186 Å². The summed E-state index contributed by atoms with van der Waals surface area (Å²) in [5, 5.41) is 8.86. The summed E-state index contributed by atoms with van der Waals surface area (Å²) in [5.41, 5.74) is 19.8. The average Bonchev–Trinajstić information content (AvgIpc) is 3.93. The van der Waals surface area contributed by atoms with Crippen LogP contribution in [0.25, 0.3) is 81.9 Å². The molecule has 3 aromatic heterocycles. The highest BCUT2D eigenvalue weighted by atomic mass is 16.3. The average molecular weight is 866 g/mol. The van der Waals surface area contributed by atoms with Gasteiger partial charge in [-0.3, -0.25) is 9.59 Å². The third kappa shape index (κ3) is 4.16. The predicted molar refractivity (Wildman–Crippen MR) is 271 cm³/mol. The molecular formula is C64H35NO3. The Balaban J connectivity index is 1.05. The van der Waals surface area contributed by atoms with Gasteiger partial charge in [0.05, 0.1) is 28.4 Å². The van der Waals surface area contributed by atoms with Crippen LogP contribution in [0.1, 0.15) is 100 Å². The van der Waals surface area contributed by atoms with Crippen LogP contribution in [0.2, 0.25) is 0 Å². The van der Waals surface area contributed by atoms with E-state index in [1.165, 1.54) is 22.3 Å². The van der Waals surface area contributed by atoms with Crippen LogP contribution in [0.15, 0.2) is 192 Å². The minimum absolute atomic E-state index is 0.0945. The van der Waals surface area contributed by atoms with Gasteiger partial charge in [-0.2, -0.15) is 0 Å². The van der Waals surface area contributed by atoms with E-state index in [4.69, 9.17) is 4.42 Å². The zero-order chi connectivity index (χ0) is 44.3. The van der Waals surface area contributed by atoms with E-state index >= 15 is 9.59 Å². The minimum Gasteiger partial charge on any atom is -0.456 e. The van der Waals surface area contributed by atoms with Gasteiger partial charge in [-0.15, -0.1) is 0 Å². The second-order valence-electron chi connectivity index (χ2n) is 19.6. The van der Waals surface area contributed by atoms with E-state index < -0.39 is 0 Å². The second kappa shape index (κ2) is 12.2. The van der Waals surface area contributed by atoms with Crippen LogP contribution in [0, 0.1) is 0 Å². The van der Waals surface area contributed by atoms with Gasteiger partial charge in [-0.05, 0) is 121 Å². The molecule has 13 aromatic rings. The Bertz CT molecular complexity index is 4220. The molecule has 3 heterocycles. The van der Waals surface area contributed by atoms with Crippen molar-refractivity contribution in [2.75, 3.05) is 0 Å². The number of furan rings is 1. The van der Waals surface area contributed by atoms with E-state index in [0.29, 0.717) is 0 Å². The van der Waals surface area contributed by atoms with E-state index in [-0.39, 0.29) is 35.2 Å². The maximum absolute atomic E-state index is 15.4. The lowest BCUT2D eigenvalue weighted by molar-refractivity contribution is 0.0966. The SMILES string of the molecule is O=C1c2cc3c(cc2C2c4ccccc4C1c1ccccc12)c1cc(-c2c4ccccc4cc4oc5ccccc5c24)cc2c4cc5c(cc4n3c12)C(=O)C1c2ccccc2C5c2ccccc21. The van der Waals surface area contributed by atoms with Crippen molar-refractivity contribution in [1.82, 2.24) is 4.40 Å². The first-order valence-electron chi connectivity index (χ1n) is 23.7. The Labute approximate surface area is 388 Å². The number of carbonyl (C=O) groups excluding carboxylic acids is 2. The van der Waals surface area contributed by atoms with Gasteiger partial charge in [0.25, 0.3) is 0 Å². The van der Waals surface area contributed by atoms with Crippen molar-refractivity contribution >= 4 is 82.4 Å². The number of hydrogen-bond donors (Lipinski definition) is 0. The summed E-state index contributed by atoms with van der Waals surface area (Å²) in [6.07, 6.45) is 0. The summed E-state index contributed by atoms with van der Waals surface area (Å²) in [7, 11) is 0. The Hall–Kier alpha value is -8.60. The summed E-state index contributed by atoms with van der Waals surface area (Å²) >= 11 is 0. The standard InChI is InChI=1S/C64H35NO3/c66-63-50-30-52-44(28-46(50)57-35-15-3-7-19-39(35)59(63)40-20-8-4-16-36(40)57)48-25-33(56-34-14-2-1-13-32(34)27-55-61(56)43-23-11-12-24-54(43)68-55)26-49-45-29-47-51(31-53(45)65(52)62(48)49)64(67)60-41-21-9-5-17-37(41)58(47)38-18-6-10-22-42(38)60/h1-31,57-60H. The number of ketones is 2. The molecule has 0 spiro atoms. The van der Waals surface area contributed by atoms with Crippen LogP contribution in [-0.4, -0.2) is 16.0 Å². The zero-order valence-corrected chi connectivity index (χ0v) is 36.4. The second-order valence-corrected chi connectivity index (χ2v) is 19.6. The normalized spacial score (nSPS) is 18.6. The Morgan fingerprint density at radius 1 is 0.353 bits per heavy atom. The predicted octanol–water partition coefficient (Wildman–Crippen LogP) is 15.2. The van der Waals surface area contributed by atoms with Gasteiger partial charge in [0.2, 0.25) is 0 Å². The van der Waals surface area contributed by atoms with Gasteiger partial charge in [-0.25, -0.2) is 0 Å². The molecule has 6 aliphatic carbocycles. The third-order valence-electron chi connectivity index (χ3n) is 16.6. The number of Topliss-reactive ketones (excluding diaryl/α,β-unsaturated/α-hetero) is 2. The number of fused-ring (bicyclic) bond motifs is 10. The molecule has 0 saturated carbocycles. The molecule has 19 rings (SSSR count). The number of carbonyl (C=O) groups is 2. The van der Waals surface area contributed by atoms with Crippen LogP contribution < -0.4 is 0 Å².